The topological polar surface area (TPSA) is 64.2 Å². The third kappa shape index (κ3) is 2.18. The maximum Gasteiger partial charge on any atom is 0.343 e. The second kappa shape index (κ2) is 5.48. The monoisotopic (exact) mass is 300 g/mol. The molecule has 5 nitrogen and oxygen atoms in total. The van der Waals surface area contributed by atoms with E-state index in [0.717, 1.165) is 5.56 Å². The van der Waals surface area contributed by atoms with Crippen molar-refractivity contribution in [2.24, 2.45) is 0 Å². The first-order valence-corrected chi connectivity index (χ1v) is 6.54. The Bertz CT molecular complexity index is 840. The average molecular weight is 300 g/mol. The molecule has 1 heterocycles. The van der Waals surface area contributed by atoms with Gasteiger partial charge < -0.3 is 14.5 Å². The molecule has 0 fully saturated rings. The lowest BCUT2D eigenvalue weighted by Gasteiger charge is -2.08. The maximum absolute atomic E-state index is 14.4. The van der Waals surface area contributed by atoms with Crippen molar-refractivity contribution < 1.29 is 18.7 Å². The lowest BCUT2D eigenvalue weighted by molar-refractivity contribution is 0.0598. The van der Waals surface area contributed by atoms with Crippen molar-refractivity contribution in [1.82, 2.24) is 9.97 Å². The number of nitrogens with one attached hydrogen (secondary N) is 1. The molecule has 0 amide bonds. The van der Waals surface area contributed by atoms with Gasteiger partial charge in [0, 0.05) is 5.56 Å². The number of methoxy groups -OCH3 is 2. The highest BCUT2D eigenvalue weighted by Crippen LogP contribution is 2.32. The van der Waals surface area contributed by atoms with E-state index < -0.39 is 11.8 Å². The Hall–Kier alpha value is -2.89. The Kier molecular flexibility index (Phi) is 3.50. The zero-order valence-electron chi connectivity index (χ0n) is 12.0. The minimum Gasteiger partial charge on any atom is -0.497 e. The molecule has 0 saturated heterocycles. The molecule has 3 rings (SSSR count). The van der Waals surface area contributed by atoms with Crippen molar-refractivity contribution in [3.05, 3.63) is 48.0 Å². The van der Waals surface area contributed by atoms with Crippen LogP contribution >= 0.6 is 0 Å². The summed E-state index contributed by atoms with van der Waals surface area (Å²) in [5.41, 5.74) is 2.04. The predicted octanol–water partition coefficient (Wildman–Crippen LogP) is 3.16. The van der Waals surface area contributed by atoms with Gasteiger partial charge in [0.05, 0.1) is 31.6 Å². The van der Waals surface area contributed by atoms with E-state index in [1.54, 1.807) is 31.4 Å². The number of ether oxygens (including phenoxy) is 2. The Morgan fingerprint density at radius 2 is 1.95 bits per heavy atom. The Morgan fingerprint density at radius 1 is 1.23 bits per heavy atom. The number of aromatic amines is 1. The van der Waals surface area contributed by atoms with Crippen LogP contribution in [0.25, 0.3) is 22.2 Å². The molecule has 0 aliphatic rings. The van der Waals surface area contributed by atoms with Gasteiger partial charge in [-0.2, -0.15) is 0 Å². The fourth-order valence-corrected chi connectivity index (χ4v) is 2.37. The third-order valence-corrected chi connectivity index (χ3v) is 3.44. The number of halogens is 1. The second-order valence-electron chi connectivity index (χ2n) is 4.63. The van der Waals surface area contributed by atoms with E-state index in [4.69, 9.17) is 4.74 Å². The zero-order valence-corrected chi connectivity index (χ0v) is 12.0. The third-order valence-electron chi connectivity index (χ3n) is 3.44. The van der Waals surface area contributed by atoms with E-state index >= 15 is 0 Å². The first-order valence-electron chi connectivity index (χ1n) is 6.54. The van der Waals surface area contributed by atoms with Gasteiger partial charge >= 0.3 is 5.97 Å². The maximum atomic E-state index is 14.4. The van der Waals surface area contributed by atoms with Crippen molar-refractivity contribution in [1.29, 1.82) is 0 Å². The Labute approximate surface area is 125 Å². The standard InChI is InChI=1S/C16H13FN2O3/c1-21-10-5-3-9(4-6-10)11-7-12(17)13(16(20)22-2)15-14(11)18-8-19-15/h3-8H,1-2H3,(H,18,19). The SMILES string of the molecule is COC(=O)c1c(F)cc(-c2ccc(OC)cc2)c2nc[nH]c12. The van der Waals surface area contributed by atoms with Crippen LogP contribution in [0.5, 0.6) is 5.75 Å². The summed E-state index contributed by atoms with van der Waals surface area (Å²) in [4.78, 5) is 18.7. The van der Waals surface area contributed by atoms with E-state index in [1.807, 2.05) is 0 Å². The van der Waals surface area contributed by atoms with Crippen molar-refractivity contribution >= 4 is 17.0 Å². The largest absolute Gasteiger partial charge is 0.497 e. The molecule has 22 heavy (non-hydrogen) atoms. The number of carbonyl (C=O) groups excluding carboxylic acids is 1. The minimum absolute atomic E-state index is 0.146. The molecule has 1 N–H and O–H groups in total. The van der Waals surface area contributed by atoms with Gasteiger partial charge in [0.15, 0.2) is 0 Å². The number of benzene rings is 2. The summed E-state index contributed by atoms with van der Waals surface area (Å²) >= 11 is 0. The predicted molar refractivity (Wildman–Crippen MR) is 79.4 cm³/mol. The van der Waals surface area contributed by atoms with Crippen LogP contribution < -0.4 is 4.74 Å². The number of esters is 1. The van der Waals surface area contributed by atoms with Crippen LogP contribution in [0.15, 0.2) is 36.7 Å². The van der Waals surface area contributed by atoms with Gasteiger partial charge in [0.2, 0.25) is 0 Å². The lowest BCUT2D eigenvalue weighted by Crippen LogP contribution is -2.06. The normalized spacial score (nSPS) is 10.7. The van der Waals surface area contributed by atoms with Gasteiger partial charge in [-0.1, -0.05) is 12.1 Å². The molecule has 3 aromatic rings. The van der Waals surface area contributed by atoms with E-state index in [-0.39, 0.29) is 5.56 Å². The molecule has 2 aromatic carbocycles. The van der Waals surface area contributed by atoms with Crippen molar-refractivity contribution in [3.8, 4) is 16.9 Å². The van der Waals surface area contributed by atoms with Crippen molar-refractivity contribution in [2.75, 3.05) is 14.2 Å². The molecule has 0 radical (unpaired) electrons. The van der Waals surface area contributed by atoms with Crippen LogP contribution in [0.1, 0.15) is 10.4 Å². The van der Waals surface area contributed by atoms with E-state index in [0.29, 0.717) is 22.3 Å². The summed E-state index contributed by atoms with van der Waals surface area (Å²) in [5.74, 6) is -0.698. The number of fused-ring (bicyclic) bond motifs is 1. The highest BCUT2D eigenvalue weighted by Gasteiger charge is 2.21. The zero-order chi connectivity index (χ0) is 15.7. The molecule has 0 aliphatic heterocycles. The van der Waals surface area contributed by atoms with Gasteiger partial charge in [-0.25, -0.2) is 14.2 Å². The molecular formula is C16H13FN2O3. The molecular weight excluding hydrogens is 287 g/mol. The molecule has 6 heteroatoms. The van der Waals surface area contributed by atoms with E-state index in [1.165, 1.54) is 19.5 Å². The number of imidazole rings is 1. The van der Waals surface area contributed by atoms with Crippen LogP contribution in [0.3, 0.4) is 0 Å². The molecule has 0 aliphatic carbocycles. The van der Waals surface area contributed by atoms with Crippen LogP contribution in [-0.2, 0) is 4.74 Å². The Morgan fingerprint density at radius 3 is 2.59 bits per heavy atom. The van der Waals surface area contributed by atoms with Crippen molar-refractivity contribution in [2.45, 2.75) is 0 Å². The summed E-state index contributed by atoms with van der Waals surface area (Å²) in [6, 6.07) is 8.45. The van der Waals surface area contributed by atoms with Crippen LogP contribution in [-0.4, -0.2) is 30.2 Å². The summed E-state index contributed by atoms with van der Waals surface area (Å²) in [6.45, 7) is 0. The number of nitrogens with zero attached hydrogens (tertiary/aromatic N) is 1. The molecule has 1 aromatic heterocycles. The summed E-state index contributed by atoms with van der Waals surface area (Å²) < 4.78 is 24.1. The van der Waals surface area contributed by atoms with Crippen LogP contribution in [0, 0.1) is 5.82 Å². The minimum atomic E-state index is -0.743. The summed E-state index contributed by atoms with van der Waals surface area (Å²) in [6.07, 6.45) is 1.42. The average Bonchev–Trinajstić information content (AvgIpc) is 3.02. The highest BCUT2D eigenvalue weighted by atomic mass is 19.1. The number of hydrogen-bond donors (Lipinski definition) is 1. The Balaban J connectivity index is 2.23. The summed E-state index contributed by atoms with van der Waals surface area (Å²) in [7, 11) is 2.78. The van der Waals surface area contributed by atoms with Gasteiger partial charge in [0.25, 0.3) is 0 Å². The number of H-pyrrole nitrogens is 1. The molecule has 0 spiro atoms. The number of hydrogen-bond acceptors (Lipinski definition) is 4. The lowest BCUT2D eigenvalue weighted by atomic mass is 10.0. The molecule has 0 atom stereocenters. The fourth-order valence-electron chi connectivity index (χ4n) is 2.37. The van der Waals surface area contributed by atoms with Gasteiger partial charge in [0.1, 0.15) is 17.1 Å². The van der Waals surface area contributed by atoms with E-state index in [2.05, 4.69) is 14.7 Å². The molecule has 112 valence electrons. The van der Waals surface area contributed by atoms with E-state index in [9.17, 15) is 9.18 Å². The highest BCUT2D eigenvalue weighted by molar-refractivity contribution is 6.06. The van der Waals surface area contributed by atoms with Gasteiger partial charge in [-0.3, -0.25) is 0 Å². The second-order valence-corrected chi connectivity index (χ2v) is 4.63. The van der Waals surface area contributed by atoms with Gasteiger partial charge in [-0.05, 0) is 23.8 Å². The molecule has 0 bridgehead atoms. The van der Waals surface area contributed by atoms with Gasteiger partial charge in [-0.15, -0.1) is 0 Å². The van der Waals surface area contributed by atoms with Crippen LogP contribution in [0.2, 0.25) is 0 Å². The smallest absolute Gasteiger partial charge is 0.343 e. The number of carbonyl (C=O) groups is 1. The van der Waals surface area contributed by atoms with Crippen molar-refractivity contribution in [3.63, 3.8) is 0 Å². The first-order chi connectivity index (χ1) is 10.7. The fraction of sp³-hybridized carbons (Fsp3) is 0.125. The first kappa shape index (κ1) is 14.1. The number of aromatic nitrogens is 2. The number of rotatable bonds is 3. The quantitative estimate of drug-likeness (QED) is 0.755. The van der Waals surface area contributed by atoms with Crippen LogP contribution in [0.4, 0.5) is 4.39 Å². The molecule has 0 saturated carbocycles. The summed E-state index contributed by atoms with van der Waals surface area (Å²) in [5, 5.41) is 0. The molecule has 0 unspecified atom stereocenters.